The molecule has 1 fully saturated rings. The Morgan fingerprint density at radius 1 is 1.38 bits per heavy atom. The summed E-state index contributed by atoms with van der Waals surface area (Å²) in [6, 6.07) is 0. The summed E-state index contributed by atoms with van der Waals surface area (Å²) in [6.45, 7) is 3.78. The Bertz CT molecular complexity index is 133. The van der Waals surface area contributed by atoms with Crippen molar-refractivity contribution in [3.63, 3.8) is 0 Å². The Kier molecular flexibility index (Phi) is 5.14. The van der Waals surface area contributed by atoms with E-state index in [2.05, 4.69) is 36.5 Å². The summed E-state index contributed by atoms with van der Waals surface area (Å²) in [7, 11) is 4.36. The van der Waals surface area contributed by atoms with Gasteiger partial charge >= 0.3 is 0 Å². The van der Waals surface area contributed by atoms with Crippen molar-refractivity contribution in [2.24, 2.45) is 5.92 Å². The highest BCUT2D eigenvalue weighted by Gasteiger charge is 2.16. The van der Waals surface area contributed by atoms with Crippen LogP contribution < -0.4 is 0 Å². The summed E-state index contributed by atoms with van der Waals surface area (Å²) < 4.78 is 0. The minimum atomic E-state index is 0.882. The SMILES string of the molecule is CN(CS)CCC1CCN(C)CC1. The Balaban J connectivity index is 2.08. The first kappa shape index (κ1) is 11.3. The topological polar surface area (TPSA) is 6.48 Å². The van der Waals surface area contributed by atoms with E-state index < -0.39 is 0 Å². The first-order valence-electron chi connectivity index (χ1n) is 5.20. The van der Waals surface area contributed by atoms with Gasteiger partial charge in [0.15, 0.2) is 0 Å². The molecule has 1 heterocycles. The molecule has 0 bridgehead atoms. The van der Waals surface area contributed by atoms with Crippen LogP contribution in [0.1, 0.15) is 19.3 Å². The van der Waals surface area contributed by atoms with E-state index in [0.29, 0.717) is 0 Å². The molecule has 0 unspecified atom stereocenters. The van der Waals surface area contributed by atoms with Crippen molar-refractivity contribution >= 4 is 12.6 Å². The molecule has 0 aromatic heterocycles. The molecule has 1 saturated heterocycles. The van der Waals surface area contributed by atoms with E-state index in [1.807, 2.05) is 0 Å². The molecule has 0 aromatic carbocycles. The number of likely N-dealkylation sites (tertiary alicyclic amines) is 1. The van der Waals surface area contributed by atoms with Crippen molar-refractivity contribution in [2.45, 2.75) is 19.3 Å². The summed E-state index contributed by atoms with van der Waals surface area (Å²) in [6.07, 6.45) is 4.12. The molecule has 0 atom stereocenters. The van der Waals surface area contributed by atoms with E-state index in [1.54, 1.807) is 0 Å². The smallest absolute Gasteiger partial charge is 0.0411 e. The predicted octanol–water partition coefficient (Wildman–Crippen LogP) is 1.54. The van der Waals surface area contributed by atoms with Gasteiger partial charge in [0, 0.05) is 5.88 Å². The fourth-order valence-corrected chi connectivity index (χ4v) is 1.97. The largest absolute Gasteiger partial charge is 0.306 e. The second kappa shape index (κ2) is 5.89. The van der Waals surface area contributed by atoms with Gasteiger partial charge in [0.25, 0.3) is 0 Å². The maximum absolute atomic E-state index is 4.25. The highest BCUT2D eigenvalue weighted by molar-refractivity contribution is 7.80. The van der Waals surface area contributed by atoms with E-state index in [9.17, 15) is 0 Å². The maximum atomic E-state index is 4.25. The number of hydrogen-bond donors (Lipinski definition) is 1. The second-order valence-electron chi connectivity index (χ2n) is 4.26. The van der Waals surface area contributed by atoms with E-state index in [1.165, 1.54) is 38.9 Å². The Labute approximate surface area is 87.7 Å². The Morgan fingerprint density at radius 2 is 2.00 bits per heavy atom. The molecule has 0 aromatic rings. The highest BCUT2D eigenvalue weighted by atomic mass is 32.1. The van der Waals surface area contributed by atoms with Gasteiger partial charge in [0.2, 0.25) is 0 Å². The van der Waals surface area contributed by atoms with Crippen LogP contribution in [0.4, 0.5) is 0 Å². The normalized spacial score (nSPS) is 21.2. The second-order valence-corrected chi connectivity index (χ2v) is 4.54. The van der Waals surface area contributed by atoms with Crippen LogP contribution in [0, 0.1) is 5.92 Å². The third-order valence-corrected chi connectivity index (χ3v) is 3.48. The van der Waals surface area contributed by atoms with Crippen LogP contribution in [-0.2, 0) is 0 Å². The Hall–Kier alpha value is 0.270. The minimum absolute atomic E-state index is 0.882. The zero-order valence-electron chi connectivity index (χ0n) is 8.87. The lowest BCUT2D eigenvalue weighted by Gasteiger charge is -2.29. The molecule has 1 aliphatic rings. The van der Waals surface area contributed by atoms with E-state index in [-0.39, 0.29) is 0 Å². The number of nitrogens with zero attached hydrogens (tertiary/aromatic N) is 2. The average Bonchev–Trinajstić information content (AvgIpc) is 2.16. The van der Waals surface area contributed by atoms with Gasteiger partial charge in [-0.2, -0.15) is 12.6 Å². The first-order valence-corrected chi connectivity index (χ1v) is 5.83. The van der Waals surface area contributed by atoms with E-state index >= 15 is 0 Å². The molecule has 0 aliphatic carbocycles. The van der Waals surface area contributed by atoms with Gasteiger partial charge in [-0.3, -0.25) is 4.90 Å². The monoisotopic (exact) mass is 202 g/mol. The fraction of sp³-hybridized carbons (Fsp3) is 1.00. The minimum Gasteiger partial charge on any atom is -0.306 e. The lowest BCUT2D eigenvalue weighted by atomic mass is 9.94. The van der Waals surface area contributed by atoms with E-state index in [4.69, 9.17) is 0 Å². The molecule has 0 saturated carbocycles. The van der Waals surface area contributed by atoms with Crippen molar-refractivity contribution in [3.8, 4) is 0 Å². The van der Waals surface area contributed by atoms with Crippen LogP contribution in [0.5, 0.6) is 0 Å². The molecular formula is C10H22N2S. The molecule has 78 valence electrons. The summed E-state index contributed by atoms with van der Waals surface area (Å²) in [5.41, 5.74) is 0. The van der Waals surface area contributed by atoms with Crippen molar-refractivity contribution in [1.29, 1.82) is 0 Å². The number of hydrogen-bond acceptors (Lipinski definition) is 3. The number of rotatable bonds is 4. The molecule has 1 rings (SSSR count). The summed E-state index contributed by atoms with van der Waals surface area (Å²) in [5, 5.41) is 0. The van der Waals surface area contributed by atoms with Crippen molar-refractivity contribution in [1.82, 2.24) is 9.80 Å². The molecule has 13 heavy (non-hydrogen) atoms. The van der Waals surface area contributed by atoms with Crippen LogP contribution in [-0.4, -0.2) is 49.4 Å². The molecule has 3 heteroatoms. The van der Waals surface area contributed by atoms with Gasteiger partial charge < -0.3 is 4.90 Å². The van der Waals surface area contributed by atoms with Crippen LogP contribution in [0.15, 0.2) is 0 Å². The Morgan fingerprint density at radius 3 is 2.54 bits per heavy atom. The predicted molar refractivity (Wildman–Crippen MR) is 61.3 cm³/mol. The van der Waals surface area contributed by atoms with Gasteiger partial charge in [0.05, 0.1) is 0 Å². The molecular weight excluding hydrogens is 180 g/mol. The first-order chi connectivity index (χ1) is 6.22. The lowest BCUT2D eigenvalue weighted by molar-refractivity contribution is 0.200. The van der Waals surface area contributed by atoms with E-state index in [0.717, 1.165) is 11.8 Å². The standard InChI is InChI=1S/C10H22N2S/c1-11-6-3-10(4-7-11)5-8-12(2)9-13/h10,13H,3-9H2,1-2H3. The molecule has 0 N–H and O–H groups in total. The van der Waals surface area contributed by atoms with Crippen LogP contribution in [0.3, 0.4) is 0 Å². The van der Waals surface area contributed by atoms with Gasteiger partial charge in [-0.25, -0.2) is 0 Å². The fourth-order valence-electron chi connectivity index (χ4n) is 1.82. The van der Waals surface area contributed by atoms with Crippen molar-refractivity contribution in [3.05, 3.63) is 0 Å². The molecule has 0 radical (unpaired) electrons. The third-order valence-electron chi connectivity index (χ3n) is 3.00. The van der Waals surface area contributed by atoms with Crippen molar-refractivity contribution < 1.29 is 0 Å². The molecule has 1 aliphatic heterocycles. The number of thiol groups is 1. The van der Waals surface area contributed by atoms with Gasteiger partial charge in [-0.15, -0.1) is 0 Å². The van der Waals surface area contributed by atoms with Gasteiger partial charge in [-0.05, 0) is 58.9 Å². The lowest BCUT2D eigenvalue weighted by Crippen LogP contribution is -2.31. The third kappa shape index (κ3) is 4.34. The van der Waals surface area contributed by atoms with Crippen molar-refractivity contribution in [2.75, 3.05) is 39.6 Å². The molecule has 0 spiro atoms. The summed E-state index contributed by atoms with van der Waals surface area (Å²) >= 11 is 4.25. The zero-order valence-corrected chi connectivity index (χ0v) is 9.76. The summed E-state index contributed by atoms with van der Waals surface area (Å²) in [4.78, 5) is 4.71. The molecule has 0 amide bonds. The van der Waals surface area contributed by atoms with Gasteiger partial charge in [-0.1, -0.05) is 0 Å². The van der Waals surface area contributed by atoms with Gasteiger partial charge in [0.1, 0.15) is 0 Å². The zero-order chi connectivity index (χ0) is 9.68. The average molecular weight is 202 g/mol. The maximum Gasteiger partial charge on any atom is 0.0411 e. The summed E-state index contributed by atoms with van der Waals surface area (Å²) in [5.74, 6) is 1.84. The number of piperidine rings is 1. The van der Waals surface area contributed by atoms with Crippen LogP contribution in [0.2, 0.25) is 0 Å². The van der Waals surface area contributed by atoms with Crippen LogP contribution in [0.25, 0.3) is 0 Å². The quantitative estimate of drug-likeness (QED) is 0.546. The highest BCUT2D eigenvalue weighted by Crippen LogP contribution is 2.19. The van der Waals surface area contributed by atoms with Crippen LogP contribution >= 0.6 is 12.6 Å². The molecule has 2 nitrogen and oxygen atoms in total.